The average Bonchev–Trinajstić information content (AvgIpc) is 2.97. The molecule has 9 nitrogen and oxygen atoms in total. The number of nitrogens with zero attached hydrogens (tertiary/aromatic N) is 1. The highest BCUT2D eigenvalue weighted by atomic mass is 32.2. The van der Waals surface area contributed by atoms with Crippen molar-refractivity contribution in [1.29, 1.82) is 0 Å². The first kappa shape index (κ1) is 18.8. The molecule has 1 N–H and O–H groups in total. The Morgan fingerprint density at radius 2 is 1.86 bits per heavy atom. The summed E-state index contributed by atoms with van der Waals surface area (Å²) < 4.78 is 43.6. The topological polar surface area (TPSA) is 115 Å². The van der Waals surface area contributed by atoms with E-state index in [1.165, 1.54) is 25.3 Å². The first-order chi connectivity index (χ1) is 13.9. The third kappa shape index (κ3) is 3.61. The molecule has 1 fully saturated rings. The average molecular weight is 416 g/mol. The van der Waals surface area contributed by atoms with Crippen LogP contribution in [0.5, 0.6) is 11.5 Å². The first-order valence-corrected chi connectivity index (χ1v) is 9.97. The van der Waals surface area contributed by atoms with Gasteiger partial charge in [0.1, 0.15) is 24.5 Å². The molecule has 1 aliphatic heterocycles. The Bertz CT molecular complexity index is 1250. The molecule has 0 unspecified atom stereocenters. The lowest BCUT2D eigenvalue weighted by Gasteiger charge is -2.19. The zero-order chi connectivity index (χ0) is 20.6. The number of anilines is 1. The minimum atomic E-state index is -4.06. The summed E-state index contributed by atoms with van der Waals surface area (Å²) in [6.45, 7) is -0.238. The van der Waals surface area contributed by atoms with Gasteiger partial charge in [-0.1, -0.05) is 30.3 Å². The molecule has 0 spiro atoms. The maximum absolute atomic E-state index is 12.4. The van der Waals surface area contributed by atoms with Crippen molar-refractivity contribution in [2.45, 2.75) is 6.61 Å². The quantitative estimate of drug-likeness (QED) is 0.628. The molecule has 29 heavy (non-hydrogen) atoms. The van der Waals surface area contributed by atoms with Gasteiger partial charge in [-0.05, 0) is 17.7 Å². The summed E-state index contributed by atoms with van der Waals surface area (Å²) >= 11 is 0. The van der Waals surface area contributed by atoms with E-state index in [2.05, 4.69) is 0 Å². The number of benzene rings is 2. The van der Waals surface area contributed by atoms with Crippen molar-refractivity contribution >= 4 is 32.8 Å². The lowest BCUT2D eigenvalue weighted by molar-refractivity contribution is -0.117. The number of methoxy groups -OCH3 is 1. The molecule has 0 saturated carbocycles. The van der Waals surface area contributed by atoms with Crippen LogP contribution in [-0.2, 0) is 21.6 Å². The lowest BCUT2D eigenvalue weighted by atomic mass is 10.2. The molecule has 1 aromatic heterocycles. The van der Waals surface area contributed by atoms with Crippen LogP contribution in [0.1, 0.15) is 5.56 Å². The first-order valence-electron chi connectivity index (χ1n) is 8.53. The summed E-state index contributed by atoms with van der Waals surface area (Å²) in [6, 6.07) is 13.6. The van der Waals surface area contributed by atoms with E-state index < -0.39 is 21.7 Å². The molecule has 1 saturated heterocycles. The van der Waals surface area contributed by atoms with Crippen LogP contribution in [0, 0.1) is 0 Å². The minimum absolute atomic E-state index is 0.0279. The number of rotatable bonds is 5. The predicted octanol–water partition coefficient (Wildman–Crippen LogP) is 1.56. The SMILES string of the molecule is COc1cc2cc(N3CC(=O)NS3(=O)=O)c(OCc3ccccc3)cc2oc1=O. The standard InChI is InChI=1S/C19H16N2O7S/c1-26-17-8-13-7-14(21-10-18(22)20-29(21,24)25)16(9-15(13)28-19(17)23)27-11-12-5-3-2-4-6-12/h2-9H,10-11H2,1H3,(H,20,22). The number of nitrogens with one attached hydrogen (secondary N) is 1. The van der Waals surface area contributed by atoms with Crippen LogP contribution in [0.25, 0.3) is 11.0 Å². The molecular formula is C19H16N2O7S. The summed E-state index contributed by atoms with van der Waals surface area (Å²) in [4.78, 5) is 23.6. The fourth-order valence-electron chi connectivity index (χ4n) is 2.97. The van der Waals surface area contributed by atoms with Crippen LogP contribution in [0.15, 0.2) is 57.7 Å². The normalized spacial score (nSPS) is 15.3. The van der Waals surface area contributed by atoms with E-state index >= 15 is 0 Å². The smallest absolute Gasteiger partial charge is 0.379 e. The molecule has 150 valence electrons. The van der Waals surface area contributed by atoms with Gasteiger partial charge in [0.05, 0.1) is 12.8 Å². The van der Waals surface area contributed by atoms with E-state index in [1.807, 2.05) is 35.1 Å². The van der Waals surface area contributed by atoms with Crippen LogP contribution in [0.3, 0.4) is 0 Å². The van der Waals surface area contributed by atoms with Crippen LogP contribution in [0.4, 0.5) is 5.69 Å². The van der Waals surface area contributed by atoms with Gasteiger partial charge in [-0.2, -0.15) is 8.42 Å². The van der Waals surface area contributed by atoms with E-state index in [1.54, 1.807) is 0 Å². The number of amides is 1. The van der Waals surface area contributed by atoms with Gasteiger partial charge in [-0.15, -0.1) is 0 Å². The third-order valence-corrected chi connectivity index (χ3v) is 5.72. The number of fused-ring (bicyclic) bond motifs is 1. The number of hydrogen-bond acceptors (Lipinski definition) is 7. The second kappa shape index (κ2) is 7.13. The van der Waals surface area contributed by atoms with Crippen LogP contribution in [0.2, 0.25) is 0 Å². The van der Waals surface area contributed by atoms with Crippen molar-refractivity contribution in [3.05, 3.63) is 64.5 Å². The van der Waals surface area contributed by atoms with Crippen molar-refractivity contribution in [2.24, 2.45) is 0 Å². The van der Waals surface area contributed by atoms with Gasteiger partial charge in [0, 0.05) is 11.5 Å². The van der Waals surface area contributed by atoms with E-state index in [0.717, 1.165) is 9.87 Å². The van der Waals surface area contributed by atoms with Gasteiger partial charge in [0.2, 0.25) is 5.75 Å². The zero-order valence-electron chi connectivity index (χ0n) is 15.2. The van der Waals surface area contributed by atoms with Crippen molar-refractivity contribution < 1.29 is 27.1 Å². The monoisotopic (exact) mass is 416 g/mol. The maximum Gasteiger partial charge on any atom is 0.379 e. The Morgan fingerprint density at radius 1 is 1.10 bits per heavy atom. The number of hydrogen-bond donors (Lipinski definition) is 1. The Hall–Kier alpha value is -3.53. The van der Waals surface area contributed by atoms with Gasteiger partial charge in [-0.25, -0.2) is 13.8 Å². The molecule has 4 rings (SSSR count). The highest BCUT2D eigenvalue weighted by molar-refractivity contribution is 7.92. The molecule has 0 atom stereocenters. The highest BCUT2D eigenvalue weighted by Crippen LogP contribution is 2.36. The summed E-state index contributed by atoms with van der Waals surface area (Å²) in [5.41, 5.74) is 0.516. The summed E-state index contributed by atoms with van der Waals surface area (Å²) in [5, 5.41) is 0.415. The summed E-state index contributed by atoms with van der Waals surface area (Å²) in [6.07, 6.45) is 0. The molecule has 2 aromatic carbocycles. The second-order valence-electron chi connectivity index (χ2n) is 6.27. The van der Waals surface area contributed by atoms with Gasteiger partial charge in [-0.3, -0.25) is 4.79 Å². The zero-order valence-corrected chi connectivity index (χ0v) is 16.1. The molecule has 1 amide bonds. The molecule has 0 aliphatic carbocycles. The summed E-state index contributed by atoms with van der Waals surface area (Å²) in [7, 11) is -2.73. The third-order valence-electron chi connectivity index (χ3n) is 4.33. The summed E-state index contributed by atoms with van der Waals surface area (Å²) in [5.74, 6) is -0.536. The van der Waals surface area contributed by atoms with Gasteiger partial charge in [0.15, 0.2) is 0 Å². The molecule has 10 heteroatoms. The maximum atomic E-state index is 12.4. The molecule has 0 bridgehead atoms. The van der Waals surface area contributed by atoms with E-state index in [9.17, 15) is 18.0 Å². The molecular weight excluding hydrogens is 400 g/mol. The van der Waals surface area contributed by atoms with Crippen LogP contribution < -0.4 is 24.1 Å². The van der Waals surface area contributed by atoms with Gasteiger partial charge >= 0.3 is 15.8 Å². The Morgan fingerprint density at radius 3 is 2.52 bits per heavy atom. The predicted molar refractivity (Wildman–Crippen MR) is 104 cm³/mol. The van der Waals surface area contributed by atoms with E-state index in [-0.39, 0.29) is 35.9 Å². The molecule has 2 heterocycles. The Labute approximate surface area is 165 Å². The fourth-order valence-corrected chi connectivity index (χ4v) is 4.12. The fraction of sp³-hybridized carbons (Fsp3) is 0.158. The van der Waals surface area contributed by atoms with Crippen molar-refractivity contribution in [2.75, 3.05) is 18.0 Å². The van der Waals surface area contributed by atoms with E-state index in [0.29, 0.717) is 5.39 Å². The number of carbonyl (C=O) groups is 1. The minimum Gasteiger partial charge on any atom is -0.490 e. The van der Waals surface area contributed by atoms with Crippen molar-refractivity contribution in [3.63, 3.8) is 0 Å². The number of ether oxygens (including phenoxy) is 2. The van der Waals surface area contributed by atoms with Crippen molar-refractivity contribution in [3.8, 4) is 11.5 Å². The Kier molecular flexibility index (Phi) is 4.63. The molecule has 1 aliphatic rings. The highest BCUT2D eigenvalue weighted by Gasteiger charge is 2.36. The van der Waals surface area contributed by atoms with Gasteiger partial charge < -0.3 is 13.9 Å². The Balaban J connectivity index is 1.84. The molecule has 0 radical (unpaired) electrons. The van der Waals surface area contributed by atoms with Gasteiger partial charge in [0.25, 0.3) is 5.91 Å². The largest absolute Gasteiger partial charge is 0.490 e. The van der Waals surface area contributed by atoms with Crippen molar-refractivity contribution in [1.82, 2.24) is 4.72 Å². The van der Waals surface area contributed by atoms with E-state index in [4.69, 9.17) is 13.9 Å². The lowest BCUT2D eigenvalue weighted by Crippen LogP contribution is -2.29. The van der Waals surface area contributed by atoms with Crippen LogP contribution in [-0.4, -0.2) is 28.0 Å². The van der Waals surface area contributed by atoms with Crippen LogP contribution >= 0.6 is 0 Å². The number of carbonyl (C=O) groups excluding carboxylic acids is 1. The molecule has 3 aromatic rings. The second-order valence-corrected chi connectivity index (χ2v) is 7.87.